The number of carboxylic acids is 1. The second-order valence-corrected chi connectivity index (χ2v) is 5.98. The average molecular weight is 262 g/mol. The topological polar surface area (TPSA) is 86.7 Å². The van der Waals surface area contributed by atoms with Crippen molar-refractivity contribution in [2.75, 3.05) is 25.4 Å². The van der Waals surface area contributed by atoms with Crippen LogP contribution in [-0.2, 0) is 15.6 Å². The average Bonchev–Trinajstić information content (AvgIpc) is 2.59. The van der Waals surface area contributed by atoms with E-state index in [4.69, 9.17) is 5.11 Å². The number of hydrogen-bond acceptors (Lipinski definition) is 3. The normalized spacial score (nSPS) is 19.2. The van der Waals surface area contributed by atoms with E-state index in [1.54, 1.807) is 18.7 Å². The molecule has 17 heavy (non-hydrogen) atoms. The zero-order chi connectivity index (χ0) is 13.0. The largest absolute Gasteiger partial charge is 0.480 e. The number of urea groups is 1. The summed E-state index contributed by atoms with van der Waals surface area (Å²) in [6, 6.07) is -0.168. The molecule has 0 saturated carbocycles. The molecule has 6 nitrogen and oxygen atoms in total. The standard InChI is InChI=1S/C10H18N2O4S/c1-7(2)8(9(13)14)17(16)6-5-12-4-3-11-10(12)15/h7-8H,3-6H2,1-2H3,(H,11,15)(H,13,14). The first kappa shape index (κ1) is 14.0. The molecule has 0 aliphatic carbocycles. The van der Waals surface area contributed by atoms with Gasteiger partial charge in [0.2, 0.25) is 0 Å². The summed E-state index contributed by atoms with van der Waals surface area (Å²) in [6.07, 6.45) is 0. The first-order valence-corrected chi connectivity index (χ1v) is 6.94. The lowest BCUT2D eigenvalue weighted by atomic mass is 10.1. The van der Waals surface area contributed by atoms with Crippen molar-refractivity contribution in [2.24, 2.45) is 5.92 Å². The number of amides is 2. The van der Waals surface area contributed by atoms with Crippen LogP contribution in [0, 0.1) is 5.92 Å². The molecule has 0 bridgehead atoms. The summed E-state index contributed by atoms with van der Waals surface area (Å²) in [6.45, 7) is 5.00. The number of carbonyl (C=O) groups excluding carboxylic acids is 1. The third-order valence-corrected chi connectivity index (χ3v) is 4.54. The van der Waals surface area contributed by atoms with Crippen LogP contribution in [0.15, 0.2) is 0 Å². The number of carboxylic acid groups (broad SMARTS) is 1. The molecular formula is C10H18N2O4S. The van der Waals surface area contributed by atoms with Crippen LogP contribution in [0.2, 0.25) is 0 Å². The summed E-state index contributed by atoms with van der Waals surface area (Å²) in [7, 11) is -1.45. The Morgan fingerprint density at radius 3 is 2.65 bits per heavy atom. The Morgan fingerprint density at radius 2 is 2.24 bits per heavy atom. The highest BCUT2D eigenvalue weighted by Crippen LogP contribution is 2.11. The Labute approximate surface area is 103 Å². The van der Waals surface area contributed by atoms with Gasteiger partial charge in [-0.05, 0) is 5.92 Å². The van der Waals surface area contributed by atoms with Crippen LogP contribution in [0.3, 0.4) is 0 Å². The van der Waals surface area contributed by atoms with Crippen LogP contribution < -0.4 is 5.32 Å². The van der Waals surface area contributed by atoms with Crippen molar-refractivity contribution in [1.82, 2.24) is 10.2 Å². The molecule has 0 radical (unpaired) electrons. The molecule has 2 amide bonds. The number of nitrogens with zero attached hydrogens (tertiary/aromatic N) is 1. The van der Waals surface area contributed by atoms with Gasteiger partial charge >= 0.3 is 12.0 Å². The van der Waals surface area contributed by atoms with Crippen LogP contribution in [0.5, 0.6) is 0 Å². The molecule has 7 heteroatoms. The molecule has 2 unspecified atom stereocenters. The van der Waals surface area contributed by atoms with E-state index in [1.165, 1.54) is 0 Å². The summed E-state index contributed by atoms with van der Waals surface area (Å²) in [5.41, 5.74) is 0. The fraction of sp³-hybridized carbons (Fsp3) is 0.800. The van der Waals surface area contributed by atoms with Gasteiger partial charge in [-0.15, -0.1) is 0 Å². The second kappa shape index (κ2) is 6.00. The molecule has 0 aromatic carbocycles. The Bertz CT molecular complexity index is 332. The lowest BCUT2D eigenvalue weighted by molar-refractivity contribution is -0.137. The van der Waals surface area contributed by atoms with Crippen LogP contribution in [0.25, 0.3) is 0 Å². The van der Waals surface area contributed by atoms with Crippen molar-refractivity contribution in [3.63, 3.8) is 0 Å². The van der Waals surface area contributed by atoms with E-state index >= 15 is 0 Å². The molecule has 1 aliphatic heterocycles. The molecule has 98 valence electrons. The maximum Gasteiger partial charge on any atom is 0.319 e. The summed E-state index contributed by atoms with van der Waals surface area (Å²) >= 11 is 0. The third-order valence-electron chi connectivity index (χ3n) is 2.64. The lowest BCUT2D eigenvalue weighted by Crippen LogP contribution is -2.37. The summed E-state index contributed by atoms with van der Waals surface area (Å²) < 4.78 is 11.9. The van der Waals surface area contributed by atoms with E-state index in [2.05, 4.69) is 5.32 Å². The zero-order valence-corrected chi connectivity index (χ0v) is 10.8. The minimum Gasteiger partial charge on any atom is -0.480 e. The molecule has 1 saturated heterocycles. The highest BCUT2D eigenvalue weighted by molar-refractivity contribution is 7.86. The minimum atomic E-state index is -1.45. The molecule has 0 aromatic heterocycles. The Kier molecular flexibility index (Phi) is 4.92. The van der Waals surface area contributed by atoms with Crippen LogP contribution in [-0.4, -0.2) is 56.9 Å². The van der Waals surface area contributed by atoms with Crippen molar-refractivity contribution < 1.29 is 18.9 Å². The van der Waals surface area contributed by atoms with Crippen molar-refractivity contribution in [1.29, 1.82) is 0 Å². The molecule has 1 heterocycles. The van der Waals surface area contributed by atoms with Crippen molar-refractivity contribution in [2.45, 2.75) is 19.1 Å². The van der Waals surface area contributed by atoms with Gasteiger partial charge < -0.3 is 15.3 Å². The monoisotopic (exact) mass is 262 g/mol. The van der Waals surface area contributed by atoms with Gasteiger partial charge in [-0.2, -0.15) is 0 Å². The van der Waals surface area contributed by atoms with Gasteiger partial charge in [0.15, 0.2) is 0 Å². The molecule has 2 atom stereocenters. The fourth-order valence-corrected chi connectivity index (χ4v) is 3.24. The fourth-order valence-electron chi connectivity index (χ4n) is 1.75. The highest BCUT2D eigenvalue weighted by Gasteiger charge is 2.29. The zero-order valence-electron chi connectivity index (χ0n) is 10.0. The molecule has 2 N–H and O–H groups in total. The number of hydrogen-bond donors (Lipinski definition) is 2. The predicted molar refractivity (Wildman–Crippen MR) is 64.2 cm³/mol. The van der Waals surface area contributed by atoms with Crippen LogP contribution >= 0.6 is 0 Å². The van der Waals surface area contributed by atoms with E-state index < -0.39 is 22.0 Å². The van der Waals surface area contributed by atoms with Crippen LogP contribution in [0.4, 0.5) is 4.79 Å². The summed E-state index contributed by atoms with van der Waals surface area (Å²) in [5.74, 6) is -1.01. The van der Waals surface area contributed by atoms with Gasteiger partial charge in [0.05, 0.1) is 0 Å². The van der Waals surface area contributed by atoms with E-state index in [0.717, 1.165) is 0 Å². The van der Waals surface area contributed by atoms with E-state index in [1.807, 2.05) is 0 Å². The van der Waals surface area contributed by atoms with Gasteiger partial charge in [0.1, 0.15) is 5.25 Å². The minimum absolute atomic E-state index is 0.168. The number of nitrogens with one attached hydrogen (secondary N) is 1. The first-order valence-electron chi connectivity index (χ1n) is 5.56. The molecule has 0 aromatic rings. The second-order valence-electron chi connectivity index (χ2n) is 4.31. The van der Waals surface area contributed by atoms with Crippen LogP contribution in [0.1, 0.15) is 13.8 Å². The molecule has 1 fully saturated rings. The smallest absolute Gasteiger partial charge is 0.319 e. The number of rotatable bonds is 6. The number of carbonyl (C=O) groups is 2. The van der Waals surface area contributed by atoms with Gasteiger partial charge in [0.25, 0.3) is 0 Å². The van der Waals surface area contributed by atoms with Gasteiger partial charge in [-0.1, -0.05) is 13.8 Å². The Morgan fingerprint density at radius 1 is 1.59 bits per heavy atom. The maximum atomic E-state index is 11.9. The molecule has 1 aliphatic rings. The summed E-state index contributed by atoms with van der Waals surface area (Å²) in [5, 5.41) is 10.8. The van der Waals surface area contributed by atoms with Crippen molar-refractivity contribution >= 4 is 22.8 Å². The maximum absolute atomic E-state index is 11.9. The SMILES string of the molecule is CC(C)C(C(=O)O)S(=O)CCN1CCNC1=O. The Hall–Kier alpha value is -1.11. The van der Waals surface area contributed by atoms with Gasteiger partial charge in [-0.25, -0.2) is 4.79 Å². The quantitative estimate of drug-likeness (QED) is 0.698. The molecule has 0 spiro atoms. The Balaban J connectivity index is 2.47. The van der Waals surface area contributed by atoms with Crippen molar-refractivity contribution in [3.05, 3.63) is 0 Å². The molecular weight excluding hydrogens is 244 g/mol. The highest BCUT2D eigenvalue weighted by atomic mass is 32.2. The predicted octanol–water partition coefficient (Wildman–Crippen LogP) is -0.130. The van der Waals surface area contributed by atoms with E-state index in [0.29, 0.717) is 19.6 Å². The van der Waals surface area contributed by atoms with Gasteiger partial charge in [-0.3, -0.25) is 9.00 Å². The first-order chi connectivity index (χ1) is 7.93. The number of aliphatic carboxylic acids is 1. The summed E-state index contributed by atoms with van der Waals surface area (Å²) in [4.78, 5) is 23.7. The van der Waals surface area contributed by atoms with E-state index in [-0.39, 0.29) is 17.7 Å². The third kappa shape index (κ3) is 3.69. The van der Waals surface area contributed by atoms with E-state index in [9.17, 15) is 13.8 Å². The van der Waals surface area contributed by atoms with Crippen molar-refractivity contribution in [3.8, 4) is 0 Å². The molecule has 1 rings (SSSR count). The lowest BCUT2D eigenvalue weighted by Gasteiger charge is -2.18. The van der Waals surface area contributed by atoms with Gasteiger partial charge in [0, 0.05) is 36.2 Å².